The maximum Gasteiger partial charge on any atom is 0.338 e. The van der Waals surface area contributed by atoms with Gasteiger partial charge >= 0.3 is 5.97 Å². The molecule has 1 saturated heterocycles. The number of benzene rings is 1. The third-order valence-electron chi connectivity index (χ3n) is 4.79. The van der Waals surface area contributed by atoms with Crippen molar-refractivity contribution in [3.8, 4) is 0 Å². The SMILES string of the molecule is Cc1nc2ccc(C(=O)OCC(=O)N(C)[C@@H]3CCS(=O)(=O)C3)cc2nc1C. The van der Waals surface area contributed by atoms with Crippen molar-refractivity contribution in [2.24, 2.45) is 0 Å². The highest BCUT2D eigenvalue weighted by Gasteiger charge is 2.32. The van der Waals surface area contributed by atoms with Gasteiger partial charge in [0.25, 0.3) is 5.91 Å². The van der Waals surface area contributed by atoms with Gasteiger partial charge in [-0.05, 0) is 38.5 Å². The molecule has 9 heteroatoms. The van der Waals surface area contributed by atoms with Crippen molar-refractivity contribution in [3.63, 3.8) is 0 Å². The van der Waals surface area contributed by atoms with Crippen LogP contribution in [0, 0.1) is 13.8 Å². The fourth-order valence-corrected chi connectivity index (χ4v) is 4.73. The zero-order valence-corrected chi connectivity index (χ0v) is 16.2. The van der Waals surface area contributed by atoms with Gasteiger partial charge < -0.3 is 9.64 Å². The molecule has 144 valence electrons. The molecule has 3 rings (SSSR count). The number of likely N-dealkylation sites (N-methyl/N-ethyl adjacent to an activating group) is 1. The predicted molar refractivity (Wildman–Crippen MR) is 99.1 cm³/mol. The van der Waals surface area contributed by atoms with E-state index in [1.165, 1.54) is 11.9 Å². The highest BCUT2D eigenvalue weighted by atomic mass is 32.2. The van der Waals surface area contributed by atoms with Crippen molar-refractivity contribution >= 4 is 32.7 Å². The number of fused-ring (bicyclic) bond motifs is 1. The molecule has 0 unspecified atom stereocenters. The molecule has 1 aromatic carbocycles. The Morgan fingerprint density at radius 3 is 2.48 bits per heavy atom. The topological polar surface area (TPSA) is 107 Å². The average molecular weight is 391 g/mol. The van der Waals surface area contributed by atoms with Crippen LogP contribution in [0.5, 0.6) is 0 Å². The van der Waals surface area contributed by atoms with E-state index >= 15 is 0 Å². The number of esters is 1. The number of aromatic nitrogens is 2. The number of hydrogen-bond acceptors (Lipinski definition) is 7. The molecule has 2 aromatic rings. The van der Waals surface area contributed by atoms with Gasteiger partial charge in [0, 0.05) is 13.1 Å². The van der Waals surface area contributed by atoms with Gasteiger partial charge in [-0.2, -0.15) is 0 Å². The van der Waals surface area contributed by atoms with Crippen LogP contribution in [0.3, 0.4) is 0 Å². The van der Waals surface area contributed by atoms with Gasteiger partial charge in [0.1, 0.15) is 0 Å². The van der Waals surface area contributed by atoms with Crippen LogP contribution in [0.2, 0.25) is 0 Å². The van der Waals surface area contributed by atoms with E-state index in [9.17, 15) is 18.0 Å². The first-order valence-electron chi connectivity index (χ1n) is 8.54. The van der Waals surface area contributed by atoms with Gasteiger partial charge in [-0.25, -0.2) is 23.2 Å². The molecule has 0 spiro atoms. The Balaban J connectivity index is 1.64. The summed E-state index contributed by atoms with van der Waals surface area (Å²) in [6, 6.07) is 4.46. The Hall–Kier alpha value is -2.55. The van der Waals surface area contributed by atoms with Crippen LogP contribution in [-0.2, 0) is 19.4 Å². The molecule has 1 aromatic heterocycles. The lowest BCUT2D eigenvalue weighted by Gasteiger charge is -2.23. The average Bonchev–Trinajstić information content (AvgIpc) is 2.99. The molecule has 8 nitrogen and oxygen atoms in total. The van der Waals surface area contributed by atoms with E-state index in [0.29, 0.717) is 17.5 Å². The van der Waals surface area contributed by atoms with E-state index in [2.05, 4.69) is 9.97 Å². The summed E-state index contributed by atoms with van der Waals surface area (Å²) >= 11 is 0. The standard InChI is InChI=1S/C18H21N3O5S/c1-11-12(2)20-16-8-13(4-5-15(16)19-11)18(23)26-9-17(22)21(3)14-6-7-27(24,25)10-14/h4-5,8,14H,6-7,9-10H2,1-3H3/t14-/m1/s1. The Kier molecular flexibility index (Phi) is 5.14. The molecular formula is C18H21N3O5S. The molecule has 0 radical (unpaired) electrons. The normalized spacial score (nSPS) is 18.4. The van der Waals surface area contributed by atoms with Gasteiger partial charge in [-0.15, -0.1) is 0 Å². The second-order valence-corrected chi connectivity index (χ2v) is 8.96. The lowest BCUT2D eigenvalue weighted by Crippen LogP contribution is -2.40. The molecule has 27 heavy (non-hydrogen) atoms. The second-order valence-electron chi connectivity index (χ2n) is 6.74. The summed E-state index contributed by atoms with van der Waals surface area (Å²) in [7, 11) is -1.56. The van der Waals surface area contributed by atoms with E-state index in [0.717, 1.165) is 11.4 Å². The molecular weight excluding hydrogens is 370 g/mol. The molecule has 1 amide bonds. The largest absolute Gasteiger partial charge is 0.452 e. The number of aryl methyl sites for hydroxylation is 2. The van der Waals surface area contributed by atoms with Crippen LogP contribution >= 0.6 is 0 Å². The number of carbonyl (C=O) groups excluding carboxylic acids is 2. The fraction of sp³-hybridized carbons (Fsp3) is 0.444. The summed E-state index contributed by atoms with van der Waals surface area (Å²) in [6.45, 7) is 3.26. The number of carbonyl (C=O) groups is 2. The van der Waals surface area contributed by atoms with Crippen LogP contribution in [0.25, 0.3) is 11.0 Å². The van der Waals surface area contributed by atoms with E-state index in [-0.39, 0.29) is 23.1 Å². The summed E-state index contributed by atoms with van der Waals surface area (Å²) < 4.78 is 28.2. The lowest BCUT2D eigenvalue weighted by atomic mass is 10.2. The number of rotatable bonds is 4. The number of nitrogens with zero attached hydrogens (tertiary/aromatic N) is 3. The minimum atomic E-state index is -3.09. The van der Waals surface area contributed by atoms with Gasteiger partial charge in [-0.1, -0.05) is 0 Å². The quantitative estimate of drug-likeness (QED) is 0.717. The van der Waals surface area contributed by atoms with E-state index < -0.39 is 28.3 Å². The van der Waals surface area contributed by atoms with Gasteiger partial charge in [0.05, 0.1) is 39.5 Å². The minimum absolute atomic E-state index is 0.0503. The van der Waals surface area contributed by atoms with Crippen LogP contribution in [0.1, 0.15) is 28.2 Å². The number of ether oxygens (including phenoxy) is 1. The van der Waals surface area contributed by atoms with Crippen molar-refractivity contribution in [1.29, 1.82) is 0 Å². The van der Waals surface area contributed by atoms with Crippen molar-refractivity contribution < 1.29 is 22.7 Å². The number of amides is 1. The van der Waals surface area contributed by atoms with Gasteiger partial charge in [0.2, 0.25) is 0 Å². The van der Waals surface area contributed by atoms with Crippen molar-refractivity contribution in [3.05, 3.63) is 35.2 Å². The van der Waals surface area contributed by atoms with E-state index in [1.54, 1.807) is 18.2 Å². The first-order valence-corrected chi connectivity index (χ1v) is 10.4. The molecule has 1 aliphatic rings. The van der Waals surface area contributed by atoms with Crippen molar-refractivity contribution in [2.75, 3.05) is 25.2 Å². The predicted octanol–water partition coefficient (Wildman–Crippen LogP) is 1.05. The number of sulfone groups is 1. The molecule has 0 saturated carbocycles. The molecule has 0 N–H and O–H groups in total. The third kappa shape index (κ3) is 4.24. The third-order valence-corrected chi connectivity index (χ3v) is 6.54. The summed E-state index contributed by atoms with van der Waals surface area (Å²) in [5.41, 5.74) is 3.12. The monoisotopic (exact) mass is 391 g/mol. The molecule has 0 bridgehead atoms. The van der Waals surface area contributed by atoms with Crippen LogP contribution < -0.4 is 0 Å². The first kappa shape index (κ1) is 19.2. The maximum atomic E-state index is 12.3. The highest BCUT2D eigenvalue weighted by Crippen LogP contribution is 2.17. The molecule has 2 heterocycles. The lowest BCUT2D eigenvalue weighted by molar-refractivity contribution is -0.134. The highest BCUT2D eigenvalue weighted by molar-refractivity contribution is 7.91. The van der Waals surface area contributed by atoms with Crippen molar-refractivity contribution in [1.82, 2.24) is 14.9 Å². The van der Waals surface area contributed by atoms with E-state index in [1.807, 2.05) is 13.8 Å². The first-order chi connectivity index (χ1) is 12.7. The second kappa shape index (κ2) is 7.22. The molecule has 1 atom stereocenters. The van der Waals surface area contributed by atoms with E-state index in [4.69, 9.17) is 4.74 Å². The number of hydrogen-bond donors (Lipinski definition) is 0. The molecule has 1 aliphatic heterocycles. The smallest absolute Gasteiger partial charge is 0.338 e. The summed E-state index contributed by atoms with van der Waals surface area (Å²) in [4.78, 5) is 34.6. The van der Waals surface area contributed by atoms with Crippen LogP contribution in [0.4, 0.5) is 0 Å². The van der Waals surface area contributed by atoms with Crippen molar-refractivity contribution in [2.45, 2.75) is 26.3 Å². The summed E-state index contributed by atoms with van der Waals surface area (Å²) in [6.07, 6.45) is 0.403. The minimum Gasteiger partial charge on any atom is -0.452 e. The Bertz CT molecular complexity index is 1020. The van der Waals surface area contributed by atoms with Crippen LogP contribution in [-0.4, -0.2) is 66.4 Å². The van der Waals surface area contributed by atoms with Gasteiger partial charge in [0.15, 0.2) is 16.4 Å². The Morgan fingerprint density at radius 2 is 1.85 bits per heavy atom. The van der Waals surface area contributed by atoms with Gasteiger partial charge in [-0.3, -0.25) is 4.79 Å². The summed E-state index contributed by atoms with van der Waals surface area (Å²) in [5.74, 6) is -1.05. The summed E-state index contributed by atoms with van der Waals surface area (Å²) in [5, 5.41) is 0. The van der Waals surface area contributed by atoms with Crippen LogP contribution in [0.15, 0.2) is 18.2 Å². The fourth-order valence-electron chi connectivity index (χ4n) is 2.95. The zero-order chi connectivity index (χ0) is 19.8. The Labute approximate surface area is 157 Å². The molecule has 0 aliphatic carbocycles. The molecule has 1 fully saturated rings. The Morgan fingerprint density at radius 1 is 1.19 bits per heavy atom. The maximum absolute atomic E-state index is 12.3. The zero-order valence-electron chi connectivity index (χ0n) is 15.4.